The molecule has 1 saturated heterocycles. The van der Waals surface area contributed by atoms with Gasteiger partial charge in [0.25, 0.3) is 0 Å². The van der Waals surface area contributed by atoms with Gasteiger partial charge >= 0.3 is 12.0 Å². The highest BCUT2D eigenvalue weighted by molar-refractivity contribution is 7.18. The minimum absolute atomic E-state index is 0.00546. The number of hydrogen-bond donors (Lipinski definition) is 2. The Balaban J connectivity index is 1.73. The molecule has 1 aliphatic rings. The number of hydrogen-bond acceptors (Lipinski definition) is 4. The van der Waals surface area contributed by atoms with Crippen molar-refractivity contribution in [3.05, 3.63) is 23.2 Å². The van der Waals surface area contributed by atoms with Crippen LogP contribution >= 0.6 is 11.3 Å². The third-order valence-electron chi connectivity index (χ3n) is 4.11. The van der Waals surface area contributed by atoms with Crippen molar-refractivity contribution in [2.75, 3.05) is 18.4 Å². The van der Waals surface area contributed by atoms with E-state index in [1.165, 1.54) is 0 Å². The van der Waals surface area contributed by atoms with E-state index in [2.05, 4.69) is 31.1 Å². The number of carboxylic acids is 1. The zero-order chi connectivity index (χ0) is 17.5. The topological polar surface area (TPSA) is 82.5 Å². The van der Waals surface area contributed by atoms with Crippen molar-refractivity contribution >= 4 is 39.2 Å². The summed E-state index contributed by atoms with van der Waals surface area (Å²) in [4.78, 5) is 29.5. The quantitative estimate of drug-likeness (QED) is 0.870. The molecule has 7 heteroatoms. The van der Waals surface area contributed by atoms with Crippen molar-refractivity contribution < 1.29 is 14.7 Å². The highest BCUT2D eigenvalue weighted by Gasteiger charge is 2.30. The van der Waals surface area contributed by atoms with Crippen LogP contribution in [0.3, 0.4) is 0 Å². The third kappa shape index (κ3) is 3.36. The molecule has 2 N–H and O–H groups in total. The summed E-state index contributed by atoms with van der Waals surface area (Å²) in [5.74, 6) is -1.31. The fraction of sp³-hybridized carbons (Fsp3) is 0.471. The van der Waals surface area contributed by atoms with Crippen LogP contribution in [0.15, 0.2) is 18.2 Å². The monoisotopic (exact) mass is 347 g/mol. The van der Waals surface area contributed by atoms with E-state index in [1.807, 2.05) is 18.2 Å². The number of nitrogens with one attached hydrogen (secondary N) is 1. The normalized spacial score (nSPS) is 18.1. The molecule has 1 aromatic carbocycles. The molecule has 2 heterocycles. The number of thiazole rings is 1. The molecule has 1 unspecified atom stereocenters. The number of likely N-dealkylation sites (tertiary alicyclic amines) is 1. The largest absolute Gasteiger partial charge is 0.481 e. The molecule has 3 rings (SSSR count). The lowest BCUT2D eigenvalue weighted by Gasteiger charge is -2.16. The highest BCUT2D eigenvalue weighted by Crippen LogP contribution is 2.32. The average molecular weight is 347 g/mol. The van der Waals surface area contributed by atoms with Gasteiger partial charge in [-0.05, 0) is 24.6 Å². The molecule has 1 atom stereocenters. The van der Waals surface area contributed by atoms with E-state index in [9.17, 15) is 9.59 Å². The third-order valence-corrected chi connectivity index (χ3v) is 5.55. The van der Waals surface area contributed by atoms with Crippen LogP contribution in [0.5, 0.6) is 0 Å². The Bertz CT molecular complexity index is 794. The number of urea groups is 1. The zero-order valence-corrected chi connectivity index (χ0v) is 14.8. The number of carbonyl (C=O) groups excluding carboxylic acids is 1. The molecule has 1 aliphatic heterocycles. The summed E-state index contributed by atoms with van der Waals surface area (Å²) >= 11 is 1.63. The summed E-state index contributed by atoms with van der Waals surface area (Å²) in [5.41, 5.74) is 1.62. The van der Waals surface area contributed by atoms with Gasteiger partial charge in [-0.2, -0.15) is 0 Å². The Kier molecular flexibility index (Phi) is 4.21. The molecule has 0 radical (unpaired) electrons. The number of benzene rings is 1. The van der Waals surface area contributed by atoms with Gasteiger partial charge < -0.3 is 15.3 Å². The maximum Gasteiger partial charge on any atom is 0.321 e. The Labute approximate surface area is 144 Å². The van der Waals surface area contributed by atoms with Gasteiger partial charge in [0, 0.05) is 24.2 Å². The molecule has 0 saturated carbocycles. The maximum absolute atomic E-state index is 12.3. The van der Waals surface area contributed by atoms with Gasteiger partial charge in [-0.3, -0.25) is 4.79 Å². The van der Waals surface area contributed by atoms with E-state index in [0.717, 1.165) is 15.2 Å². The van der Waals surface area contributed by atoms with Gasteiger partial charge in [0.2, 0.25) is 0 Å². The van der Waals surface area contributed by atoms with Gasteiger partial charge in [0.15, 0.2) is 0 Å². The Morgan fingerprint density at radius 2 is 2.12 bits per heavy atom. The van der Waals surface area contributed by atoms with E-state index in [4.69, 9.17) is 5.11 Å². The van der Waals surface area contributed by atoms with Gasteiger partial charge in [0.1, 0.15) is 0 Å². The number of aliphatic carboxylic acids is 1. The Hall–Kier alpha value is -2.15. The van der Waals surface area contributed by atoms with E-state index in [1.54, 1.807) is 16.2 Å². The average Bonchev–Trinajstić information content (AvgIpc) is 3.13. The minimum atomic E-state index is -0.842. The van der Waals surface area contributed by atoms with Crippen molar-refractivity contribution in [3.63, 3.8) is 0 Å². The van der Waals surface area contributed by atoms with E-state index in [-0.39, 0.29) is 18.0 Å². The number of fused-ring (bicyclic) bond motifs is 1. The van der Waals surface area contributed by atoms with Crippen molar-refractivity contribution in [2.24, 2.45) is 5.92 Å². The number of aromatic nitrogens is 1. The van der Waals surface area contributed by atoms with Gasteiger partial charge in [-0.25, -0.2) is 9.78 Å². The molecular formula is C17H21N3O3S. The second-order valence-corrected chi connectivity index (χ2v) is 8.18. The number of anilines is 1. The van der Waals surface area contributed by atoms with Crippen LogP contribution < -0.4 is 5.32 Å². The molecule has 128 valence electrons. The fourth-order valence-electron chi connectivity index (χ4n) is 2.67. The highest BCUT2D eigenvalue weighted by atomic mass is 32.1. The first-order chi connectivity index (χ1) is 11.2. The van der Waals surface area contributed by atoms with Crippen molar-refractivity contribution in [2.45, 2.75) is 32.6 Å². The first-order valence-corrected chi connectivity index (χ1v) is 8.75. The van der Waals surface area contributed by atoms with Gasteiger partial charge in [-0.1, -0.05) is 20.8 Å². The van der Waals surface area contributed by atoms with Crippen LogP contribution in [-0.4, -0.2) is 40.1 Å². The number of rotatable bonds is 2. The summed E-state index contributed by atoms with van der Waals surface area (Å²) in [6.07, 6.45) is 0.506. The van der Waals surface area contributed by atoms with Gasteiger partial charge in [0.05, 0.1) is 21.1 Å². The standard InChI is InChI=1S/C17H21N3O3S/c1-17(2,3)15-19-12-5-4-11(8-13(12)24-15)18-16(23)20-7-6-10(9-20)14(21)22/h4-5,8,10H,6-7,9H2,1-3H3,(H,18,23)(H,21,22). The van der Waals surface area contributed by atoms with Crippen molar-refractivity contribution in [1.82, 2.24) is 9.88 Å². The molecule has 2 amide bonds. The molecule has 24 heavy (non-hydrogen) atoms. The molecule has 0 aliphatic carbocycles. The lowest BCUT2D eigenvalue weighted by Crippen LogP contribution is -2.33. The Morgan fingerprint density at radius 1 is 1.38 bits per heavy atom. The lowest BCUT2D eigenvalue weighted by atomic mass is 9.98. The second kappa shape index (κ2) is 6.05. The summed E-state index contributed by atoms with van der Waals surface area (Å²) in [5, 5.41) is 12.9. The molecule has 1 aromatic heterocycles. The molecule has 0 bridgehead atoms. The van der Waals surface area contributed by atoms with Crippen LogP contribution in [0.1, 0.15) is 32.2 Å². The van der Waals surface area contributed by atoms with E-state index in [0.29, 0.717) is 18.7 Å². The summed E-state index contributed by atoms with van der Waals surface area (Å²) in [6, 6.07) is 5.40. The number of amides is 2. The van der Waals surface area contributed by atoms with E-state index >= 15 is 0 Å². The minimum Gasteiger partial charge on any atom is -0.481 e. The summed E-state index contributed by atoms with van der Waals surface area (Å²) < 4.78 is 1.03. The predicted molar refractivity (Wildman–Crippen MR) is 94.7 cm³/mol. The molecule has 2 aromatic rings. The van der Waals surface area contributed by atoms with Crippen LogP contribution in [0.4, 0.5) is 10.5 Å². The zero-order valence-electron chi connectivity index (χ0n) is 14.0. The Morgan fingerprint density at radius 3 is 2.75 bits per heavy atom. The first kappa shape index (κ1) is 16.7. The SMILES string of the molecule is CC(C)(C)c1nc2ccc(NC(=O)N3CCC(C(=O)O)C3)cc2s1. The number of nitrogens with zero attached hydrogens (tertiary/aromatic N) is 2. The molecule has 6 nitrogen and oxygen atoms in total. The van der Waals surface area contributed by atoms with Crippen LogP contribution in [0.2, 0.25) is 0 Å². The maximum atomic E-state index is 12.3. The second-order valence-electron chi connectivity index (χ2n) is 7.15. The van der Waals surface area contributed by atoms with Gasteiger partial charge in [-0.15, -0.1) is 11.3 Å². The fourth-order valence-corrected chi connectivity index (χ4v) is 3.73. The van der Waals surface area contributed by atoms with Crippen molar-refractivity contribution in [1.29, 1.82) is 0 Å². The van der Waals surface area contributed by atoms with Crippen LogP contribution in [0, 0.1) is 5.92 Å². The molecular weight excluding hydrogens is 326 g/mol. The van der Waals surface area contributed by atoms with Crippen LogP contribution in [0.25, 0.3) is 10.2 Å². The summed E-state index contributed by atoms with van der Waals surface area (Å²) in [7, 11) is 0. The van der Waals surface area contributed by atoms with Crippen LogP contribution in [-0.2, 0) is 10.2 Å². The first-order valence-electron chi connectivity index (χ1n) is 7.94. The van der Waals surface area contributed by atoms with Crippen molar-refractivity contribution in [3.8, 4) is 0 Å². The molecule has 1 fully saturated rings. The lowest BCUT2D eigenvalue weighted by molar-refractivity contribution is -0.141. The molecule has 0 spiro atoms. The van der Waals surface area contributed by atoms with E-state index < -0.39 is 11.9 Å². The predicted octanol–water partition coefficient (Wildman–Crippen LogP) is 3.53. The summed E-state index contributed by atoms with van der Waals surface area (Å²) in [6.45, 7) is 7.11. The number of carbonyl (C=O) groups is 2. The smallest absolute Gasteiger partial charge is 0.321 e. The number of carboxylic acid groups (broad SMARTS) is 1.